The van der Waals surface area contributed by atoms with Crippen molar-refractivity contribution in [2.45, 2.75) is 20.8 Å². The van der Waals surface area contributed by atoms with Crippen LogP contribution in [-0.2, 0) is 10.8 Å². The zero-order valence-corrected chi connectivity index (χ0v) is 8.54. The molecule has 1 atom stereocenters. The summed E-state index contributed by atoms with van der Waals surface area (Å²) >= 11 is 0. The van der Waals surface area contributed by atoms with Crippen molar-refractivity contribution in [1.29, 1.82) is 0 Å². The van der Waals surface area contributed by atoms with Crippen molar-refractivity contribution in [2.24, 2.45) is 5.92 Å². The van der Waals surface area contributed by atoms with Gasteiger partial charge in [0.2, 0.25) is 0 Å². The van der Waals surface area contributed by atoms with Crippen LogP contribution in [0.3, 0.4) is 0 Å². The second kappa shape index (κ2) is 6.80. The van der Waals surface area contributed by atoms with E-state index in [4.69, 9.17) is 0 Å². The molecule has 2 nitrogen and oxygen atoms in total. The summed E-state index contributed by atoms with van der Waals surface area (Å²) in [5.41, 5.74) is 0. The lowest BCUT2D eigenvalue weighted by molar-refractivity contribution is 0.566. The Hall–Kier alpha value is 0.110. The molecule has 0 aromatic carbocycles. The van der Waals surface area contributed by atoms with Crippen LogP contribution in [0.5, 0.6) is 0 Å². The number of hydrogen-bond acceptors (Lipinski definition) is 2. The van der Waals surface area contributed by atoms with E-state index in [-0.39, 0.29) is 0 Å². The van der Waals surface area contributed by atoms with E-state index < -0.39 is 10.8 Å². The average molecular weight is 177 g/mol. The first-order valence-corrected chi connectivity index (χ1v) is 5.71. The van der Waals surface area contributed by atoms with Gasteiger partial charge in [-0.05, 0) is 12.5 Å². The smallest absolute Gasteiger partial charge is 0.0359 e. The van der Waals surface area contributed by atoms with Gasteiger partial charge in [0.1, 0.15) is 0 Å². The molecule has 11 heavy (non-hydrogen) atoms. The van der Waals surface area contributed by atoms with E-state index in [1.165, 1.54) is 0 Å². The summed E-state index contributed by atoms with van der Waals surface area (Å²) in [5.74, 6) is 2.26. The van der Waals surface area contributed by atoms with Crippen molar-refractivity contribution in [3.8, 4) is 0 Å². The molecule has 0 heterocycles. The molecule has 0 aliphatic carbocycles. The third kappa shape index (κ3) is 8.01. The Morgan fingerprint density at radius 1 is 1.45 bits per heavy atom. The first-order valence-electron chi connectivity index (χ1n) is 4.22. The first-order chi connectivity index (χ1) is 5.16. The van der Waals surface area contributed by atoms with Crippen LogP contribution in [0.2, 0.25) is 0 Å². The molecular weight excluding hydrogens is 158 g/mol. The maximum atomic E-state index is 10.9. The molecule has 0 bridgehead atoms. The summed E-state index contributed by atoms with van der Waals surface area (Å²) in [6.07, 6.45) is 0. The molecule has 0 saturated carbocycles. The van der Waals surface area contributed by atoms with E-state index in [9.17, 15) is 4.21 Å². The molecule has 0 aliphatic rings. The standard InChI is InChI=1S/C8H19NOS/c1-4-11(10)6-5-9-7-8(2)3/h8-9H,4-7H2,1-3H3. The lowest BCUT2D eigenvalue weighted by Gasteiger charge is -2.05. The fourth-order valence-electron chi connectivity index (χ4n) is 0.721. The summed E-state index contributed by atoms with van der Waals surface area (Å²) in [5, 5.41) is 3.26. The van der Waals surface area contributed by atoms with Gasteiger partial charge in [-0.25, -0.2) is 0 Å². The molecule has 0 aromatic heterocycles. The largest absolute Gasteiger partial charge is 0.316 e. The molecule has 0 aromatic rings. The zero-order valence-electron chi connectivity index (χ0n) is 7.72. The van der Waals surface area contributed by atoms with Gasteiger partial charge in [0, 0.05) is 28.9 Å². The maximum Gasteiger partial charge on any atom is 0.0359 e. The highest BCUT2D eigenvalue weighted by molar-refractivity contribution is 7.84. The third-order valence-electron chi connectivity index (χ3n) is 1.38. The van der Waals surface area contributed by atoms with Crippen LogP contribution in [0.1, 0.15) is 20.8 Å². The Labute approximate surface area is 72.2 Å². The molecule has 0 saturated heterocycles. The third-order valence-corrected chi connectivity index (χ3v) is 2.68. The molecule has 0 rings (SSSR count). The minimum absolute atomic E-state index is 0.604. The second-order valence-corrected chi connectivity index (χ2v) is 4.90. The van der Waals surface area contributed by atoms with Gasteiger partial charge in [-0.15, -0.1) is 0 Å². The van der Waals surface area contributed by atoms with Gasteiger partial charge in [0.25, 0.3) is 0 Å². The predicted molar refractivity (Wildman–Crippen MR) is 51.3 cm³/mol. The van der Waals surface area contributed by atoms with Crippen LogP contribution in [0.15, 0.2) is 0 Å². The Morgan fingerprint density at radius 2 is 2.09 bits per heavy atom. The SMILES string of the molecule is CCS(=O)CCNCC(C)C. The van der Waals surface area contributed by atoms with Crippen LogP contribution in [0.4, 0.5) is 0 Å². The fourth-order valence-corrected chi connectivity index (χ4v) is 1.38. The van der Waals surface area contributed by atoms with Gasteiger partial charge in [-0.1, -0.05) is 20.8 Å². The summed E-state index contributed by atoms with van der Waals surface area (Å²) < 4.78 is 10.9. The van der Waals surface area contributed by atoms with Gasteiger partial charge in [-0.2, -0.15) is 0 Å². The highest BCUT2D eigenvalue weighted by atomic mass is 32.2. The Bertz CT molecular complexity index is 115. The van der Waals surface area contributed by atoms with Crippen molar-refractivity contribution in [1.82, 2.24) is 5.32 Å². The summed E-state index contributed by atoms with van der Waals surface area (Å²) in [7, 11) is -0.604. The van der Waals surface area contributed by atoms with E-state index in [0.717, 1.165) is 24.6 Å². The molecule has 0 radical (unpaired) electrons. The minimum atomic E-state index is -0.604. The van der Waals surface area contributed by atoms with E-state index in [1.807, 2.05) is 6.92 Å². The topological polar surface area (TPSA) is 29.1 Å². The van der Waals surface area contributed by atoms with E-state index in [1.54, 1.807) is 0 Å². The minimum Gasteiger partial charge on any atom is -0.316 e. The van der Waals surface area contributed by atoms with Crippen LogP contribution in [0, 0.1) is 5.92 Å². The molecule has 1 N–H and O–H groups in total. The lowest BCUT2D eigenvalue weighted by atomic mass is 10.2. The fraction of sp³-hybridized carbons (Fsp3) is 1.00. The highest BCUT2D eigenvalue weighted by Gasteiger charge is 1.95. The normalized spacial score (nSPS) is 13.8. The van der Waals surface area contributed by atoms with Crippen LogP contribution in [-0.4, -0.2) is 28.8 Å². The Morgan fingerprint density at radius 3 is 2.55 bits per heavy atom. The van der Waals surface area contributed by atoms with Crippen molar-refractivity contribution in [3.63, 3.8) is 0 Å². The Kier molecular flexibility index (Phi) is 6.87. The summed E-state index contributed by atoms with van der Waals surface area (Å²) in [6, 6.07) is 0. The number of hydrogen-bond donors (Lipinski definition) is 1. The number of rotatable bonds is 6. The molecule has 3 heteroatoms. The maximum absolute atomic E-state index is 10.9. The summed E-state index contributed by atoms with van der Waals surface area (Å²) in [6.45, 7) is 8.21. The predicted octanol–water partition coefficient (Wildman–Crippen LogP) is 1.00. The molecule has 0 spiro atoms. The van der Waals surface area contributed by atoms with Crippen LogP contribution >= 0.6 is 0 Å². The summed E-state index contributed by atoms with van der Waals surface area (Å²) in [4.78, 5) is 0. The molecule has 0 amide bonds. The highest BCUT2D eigenvalue weighted by Crippen LogP contribution is 1.86. The monoisotopic (exact) mass is 177 g/mol. The van der Waals surface area contributed by atoms with Gasteiger partial charge in [0.15, 0.2) is 0 Å². The van der Waals surface area contributed by atoms with Crippen molar-refractivity contribution in [2.75, 3.05) is 24.6 Å². The molecule has 68 valence electrons. The molecule has 0 fully saturated rings. The lowest BCUT2D eigenvalue weighted by Crippen LogP contribution is -2.24. The van der Waals surface area contributed by atoms with Gasteiger partial charge in [0.05, 0.1) is 0 Å². The van der Waals surface area contributed by atoms with Gasteiger partial charge < -0.3 is 5.32 Å². The van der Waals surface area contributed by atoms with Crippen molar-refractivity contribution in [3.05, 3.63) is 0 Å². The molecule has 1 unspecified atom stereocenters. The molecule has 0 aliphatic heterocycles. The second-order valence-electron chi connectivity index (χ2n) is 3.03. The van der Waals surface area contributed by atoms with E-state index in [0.29, 0.717) is 5.92 Å². The van der Waals surface area contributed by atoms with Crippen LogP contribution in [0.25, 0.3) is 0 Å². The van der Waals surface area contributed by atoms with Crippen molar-refractivity contribution >= 4 is 10.8 Å². The van der Waals surface area contributed by atoms with Gasteiger partial charge >= 0.3 is 0 Å². The first kappa shape index (κ1) is 11.1. The Balaban J connectivity index is 3.08. The van der Waals surface area contributed by atoms with E-state index >= 15 is 0 Å². The van der Waals surface area contributed by atoms with Gasteiger partial charge in [-0.3, -0.25) is 4.21 Å². The number of nitrogens with one attached hydrogen (secondary N) is 1. The average Bonchev–Trinajstić information content (AvgIpc) is 1.97. The van der Waals surface area contributed by atoms with Crippen LogP contribution < -0.4 is 5.32 Å². The van der Waals surface area contributed by atoms with Crippen molar-refractivity contribution < 1.29 is 4.21 Å². The van der Waals surface area contributed by atoms with E-state index in [2.05, 4.69) is 19.2 Å². The zero-order chi connectivity index (χ0) is 8.69. The molecular formula is C8H19NOS. The quantitative estimate of drug-likeness (QED) is 0.613.